The molecule has 106 valence electrons. The summed E-state index contributed by atoms with van der Waals surface area (Å²) in [7, 11) is 0. The molecule has 0 spiro atoms. The van der Waals surface area contributed by atoms with Gasteiger partial charge in [-0.3, -0.25) is 0 Å². The Hall–Kier alpha value is -1.58. The number of nitrogens with zero attached hydrogens (tertiary/aromatic N) is 1. The van der Waals surface area contributed by atoms with E-state index in [4.69, 9.17) is 22.1 Å². The van der Waals surface area contributed by atoms with Gasteiger partial charge in [-0.1, -0.05) is 43.6 Å². The van der Waals surface area contributed by atoms with Crippen LogP contribution in [0.4, 0.5) is 0 Å². The summed E-state index contributed by atoms with van der Waals surface area (Å²) in [5, 5.41) is 0.481. The Balaban J connectivity index is 2.35. The van der Waals surface area contributed by atoms with Gasteiger partial charge < -0.3 is 10.5 Å². The predicted octanol–water partition coefficient (Wildman–Crippen LogP) is 4.50. The van der Waals surface area contributed by atoms with Crippen LogP contribution in [0, 0.1) is 0 Å². The highest BCUT2D eigenvalue weighted by atomic mass is 35.5. The number of pyridine rings is 1. The maximum Gasteiger partial charge on any atom is 0.238 e. The Kier molecular flexibility index (Phi) is 4.99. The molecule has 0 fully saturated rings. The van der Waals surface area contributed by atoms with Crippen LogP contribution in [-0.2, 0) is 6.54 Å². The van der Waals surface area contributed by atoms with Crippen molar-refractivity contribution in [1.29, 1.82) is 0 Å². The lowest BCUT2D eigenvalue weighted by atomic mass is 9.98. The summed E-state index contributed by atoms with van der Waals surface area (Å²) >= 11 is 6.26. The van der Waals surface area contributed by atoms with Crippen molar-refractivity contribution >= 4 is 11.6 Å². The summed E-state index contributed by atoms with van der Waals surface area (Å²) in [5.41, 5.74) is 7.63. The van der Waals surface area contributed by atoms with Gasteiger partial charge in [0.25, 0.3) is 0 Å². The minimum absolute atomic E-state index is 0.366. The van der Waals surface area contributed by atoms with E-state index in [2.05, 4.69) is 24.9 Å². The molecule has 0 amide bonds. The molecule has 0 aliphatic carbocycles. The second kappa shape index (κ2) is 6.73. The molecule has 2 rings (SSSR count). The Morgan fingerprint density at radius 1 is 1.30 bits per heavy atom. The molecule has 0 saturated heterocycles. The van der Waals surface area contributed by atoms with Gasteiger partial charge in [0.1, 0.15) is 10.8 Å². The highest BCUT2D eigenvalue weighted by Gasteiger charge is 2.13. The predicted molar refractivity (Wildman–Crippen MR) is 82.4 cm³/mol. The van der Waals surface area contributed by atoms with Crippen LogP contribution in [0.2, 0.25) is 5.02 Å². The van der Waals surface area contributed by atoms with E-state index in [1.54, 1.807) is 12.3 Å². The van der Waals surface area contributed by atoms with Gasteiger partial charge in [0.15, 0.2) is 0 Å². The lowest BCUT2D eigenvalue weighted by molar-refractivity contribution is 0.451. The van der Waals surface area contributed by atoms with Gasteiger partial charge in [-0.15, -0.1) is 0 Å². The number of halogens is 1. The largest absolute Gasteiger partial charge is 0.437 e. The van der Waals surface area contributed by atoms with Crippen LogP contribution in [0.3, 0.4) is 0 Å². The Morgan fingerprint density at radius 3 is 2.75 bits per heavy atom. The van der Waals surface area contributed by atoms with Crippen molar-refractivity contribution in [3.63, 3.8) is 0 Å². The van der Waals surface area contributed by atoms with Crippen molar-refractivity contribution in [2.24, 2.45) is 5.73 Å². The molecule has 20 heavy (non-hydrogen) atoms. The number of ether oxygens (including phenoxy) is 1. The summed E-state index contributed by atoms with van der Waals surface area (Å²) in [6.07, 6.45) is 2.71. The summed E-state index contributed by atoms with van der Waals surface area (Å²) in [4.78, 5) is 4.20. The van der Waals surface area contributed by atoms with Crippen molar-refractivity contribution in [2.75, 3.05) is 0 Å². The molecule has 0 aliphatic heterocycles. The zero-order valence-corrected chi connectivity index (χ0v) is 12.5. The minimum Gasteiger partial charge on any atom is -0.437 e. The van der Waals surface area contributed by atoms with Crippen LogP contribution in [0.5, 0.6) is 11.6 Å². The molecule has 4 heteroatoms. The van der Waals surface area contributed by atoms with Crippen LogP contribution < -0.4 is 10.5 Å². The zero-order valence-electron chi connectivity index (χ0n) is 11.8. The van der Waals surface area contributed by atoms with Crippen molar-refractivity contribution < 1.29 is 4.74 Å². The van der Waals surface area contributed by atoms with Gasteiger partial charge in [-0.05, 0) is 35.6 Å². The van der Waals surface area contributed by atoms with Crippen molar-refractivity contribution in [2.45, 2.75) is 32.7 Å². The fourth-order valence-electron chi connectivity index (χ4n) is 2.00. The molecule has 1 aromatic heterocycles. The number of rotatable bonds is 5. The standard InChI is InChI=1S/C16H19ClN2O/c1-3-11(2)13-6-4-5-7-14(13)20-16-15(17)12(10-18)8-9-19-16/h4-9,11H,3,10,18H2,1-2H3. The van der Waals surface area contributed by atoms with Crippen LogP contribution in [-0.4, -0.2) is 4.98 Å². The minimum atomic E-state index is 0.366. The average molecular weight is 291 g/mol. The van der Waals surface area contributed by atoms with E-state index in [1.165, 1.54) is 0 Å². The first-order valence-corrected chi connectivity index (χ1v) is 7.15. The zero-order chi connectivity index (χ0) is 14.5. The maximum absolute atomic E-state index is 6.26. The number of nitrogens with two attached hydrogens (primary N) is 1. The molecule has 0 bridgehead atoms. The first kappa shape index (κ1) is 14.8. The second-order valence-corrected chi connectivity index (χ2v) is 5.12. The third-order valence-electron chi connectivity index (χ3n) is 3.43. The van der Waals surface area contributed by atoms with Crippen LogP contribution in [0.1, 0.15) is 37.3 Å². The Bertz CT molecular complexity index is 586. The van der Waals surface area contributed by atoms with E-state index in [0.29, 0.717) is 23.4 Å². The molecule has 3 nitrogen and oxygen atoms in total. The molecule has 2 N–H and O–H groups in total. The lowest BCUT2D eigenvalue weighted by Crippen LogP contribution is -2.01. The number of aromatic nitrogens is 1. The highest BCUT2D eigenvalue weighted by Crippen LogP contribution is 2.34. The number of hydrogen-bond donors (Lipinski definition) is 1. The second-order valence-electron chi connectivity index (χ2n) is 4.74. The lowest BCUT2D eigenvalue weighted by Gasteiger charge is -2.16. The molecule has 1 aromatic carbocycles. The van der Waals surface area contributed by atoms with Crippen molar-refractivity contribution in [3.8, 4) is 11.6 Å². The molecular formula is C16H19ClN2O. The van der Waals surface area contributed by atoms with E-state index in [-0.39, 0.29) is 0 Å². The fraction of sp³-hybridized carbons (Fsp3) is 0.312. The first-order valence-electron chi connectivity index (χ1n) is 6.77. The highest BCUT2D eigenvalue weighted by molar-refractivity contribution is 6.32. The van der Waals surface area contributed by atoms with Gasteiger partial charge >= 0.3 is 0 Å². The molecule has 0 aliphatic rings. The van der Waals surface area contributed by atoms with Crippen LogP contribution in [0.25, 0.3) is 0 Å². The third-order valence-corrected chi connectivity index (χ3v) is 3.83. The van der Waals surface area contributed by atoms with E-state index in [1.807, 2.05) is 18.2 Å². The van der Waals surface area contributed by atoms with E-state index >= 15 is 0 Å². The molecule has 1 atom stereocenters. The van der Waals surface area contributed by atoms with Crippen LogP contribution >= 0.6 is 11.6 Å². The van der Waals surface area contributed by atoms with E-state index in [9.17, 15) is 0 Å². The van der Waals surface area contributed by atoms with Crippen molar-refractivity contribution in [3.05, 3.63) is 52.7 Å². The topological polar surface area (TPSA) is 48.1 Å². The van der Waals surface area contributed by atoms with Crippen molar-refractivity contribution in [1.82, 2.24) is 4.98 Å². The molecule has 0 saturated carbocycles. The van der Waals surface area contributed by atoms with Crippen LogP contribution in [0.15, 0.2) is 36.5 Å². The summed E-state index contributed by atoms with van der Waals surface area (Å²) in [5.74, 6) is 1.62. The Morgan fingerprint density at radius 2 is 2.05 bits per heavy atom. The van der Waals surface area contributed by atoms with Gasteiger partial charge in [-0.2, -0.15) is 0 Å². The summed E-state index contributed by atoms with van der Waals surface area (Å²) in [6, 6.07) is 9.77. The van der Waals surface area contributed by atoms with Gasteiger partial charge in [-0.25, -0.2) is 4.98 Å². The monoisotopic (exact) mass is 290 g/mol. The van der Waals surface area contributed by atoms with E-state index in [0.717, 1.165) is 23.3 Å². The number of para-hydroxylation sites is 1. The van der Waals surface area contributed by atoms with Gasteiger partial charge in [0.2, 0.25) is 5.88 Å². The summed E-state index contributed by atoms with van der Waals surface area (Å²) in [6.45, 7) is 4.69. The average Bonchev–Trinajstić information content (AvgIpc) is 2.49. The quantitative estimate of drug-likeness (QED) is 0.882. The fourth-order valence-corrected chi connectivity index (χ4v) is 2.22. The van der Waals surface area contributed by atoms with Gasteiger partial charge in [0.05, 0.1) is 0 Å². The Labute approximate surface area is 124 Å². The summed E-state index contributed by atoms with van der Waals surface area (Å²) < 4.78 is 5.91. The third kappa shape index (κ3) is 3.11. The number of benzene rings is 1. The number of hydrogen-bond acceptors (Lipinski definition) is 3. The molecule has 2 aromatic rings. The molecule has 0 radical (unpaired) electrons. The molecule has 1 heterocycles. The SMILES string of the molecule is CCC(C)c1ccccc1Oc1nccc(CN)c1Cl. The molecular weight excluding hydrogens is 272 g/mol. The first-order chi connectivity index (χ1) is 9.67. The van der Waals surface area contributed by atoms with Gasteiger partial charge in [0, 0.05) is 12.7 Å². The molecule has 1 unspecified atom stereocenters. The maximum atomic E-state index is 6.26. The van der Waals surface area contributed by atoms with E-state index < -0.39 is 0 Å². The normalized spacial score (nSPS) is 12.2. The smallest absolute Gasteiger partial charge is 0.238 e.